The van der Waals surface area contributed by atoms with Crippen molar-refractivity contribution in [2.75, 3.05) is 0 Å². The van der Waals surface area contributed by atoms with E-state index in [9.17, 15) is 4.79 Å². The van der Waals surface area contributed by atoms with E-state index in [1.54, 1.807) is 0 Å². The Kier molecular flexibility index (Phi) is 4.47. The maximum absolute atomic E-state index is 13.2. The fourth-order valence-electron chi connectivity index (χ4n) is 4.54. The summed E-state index contributed by atoms with van der Waals surface area (Å²) in [4.78, 5) is 23.8. The molecule has 2 aliphatic heterocycles. The van der Waals surface area contributed by atoms with E-state index in [1.807, 2.05) is 60.7 Å². The summed E-state index contributed by atoms with van der Waals surface area (Å²) in [6.45, 7) is 6.17. The Labute approximate surface area is 181 Å². The van der Waals surface area contributed by atoms with Gasteiger partial charge in [0.25, 0.3) is 0 Å². The van der Waals surface area contributed by atoms with Crippen LogP contribution in [0.3, 0.4) is 0 Å². The average molecular weight is 410 g/mol. The zero-order valence-corrected chi connectivity index (χ0v) is 17.6. The first-order valence-electron chi connectivity index (χ1n) is 10.3. The molecular weight excluding hydrogens is 388 g/mol. The van der Waals surface area contributed by atoms with Gasteiger partial charge in [-0.15, -0.1) is 0 Å². The minimum absolute atomic E-state index is 0.250. The maximum Gasteiger partial charge on any atom is 0.384 e. The Hall–Kier alpha value is -3.73. The fraction of sp³-hybridized carbons (Fsp3) is 0.192. The molecule has 3 aromatic carbocycles. The Morgan fingerprint density at radius 2 is 1.48 bits per heavy atom. The van der Waals surface area contributed by atoms with Crippen molar-refractivity contribution in [3.63, 3.8) is 0 Å². The number of aliphatic imine (C=N–C) groups is 1. The first-order valence-corrected chi connectivity index (χ1v) is 10.3. The maximum atomic E-state index is 13.2. The van der Waals surface area contributed by atoms with Crippen molar-refractivity contribution >= 4 is 17.6 Å². The summed E-state index contributed by atoms with van der Waals surface area (Å²) >= 11 is 0. The highest BCUT2D eigenvalue weighted by atomic mass is 16.7. The number of ether oxygens (including phenoxy) is 1. The molecule has 2 aliphatic rings. The third-order valence-electron chi connectivity index (χ3n) is 5.78. The summed E-state index contributed by atoms with van der Waals surface area (Å²) in [6.07, 6.45) is 0. The minimum Gasteiger partial charge on any atom is -0.402 e. The van der Waals surface area contributed by atoms with Crippen LogP contribution in [0, 0.1) is 20.8 Å². The van der Waals surface area contributed by atoms with Crippen LogP contribution in [-0.2, 0) is 14.4 Å². The van der Waals surface area contributed by atoms with Crippen molar-refractivity contribution in [1.29, 1.82) is 0 Å². The molecule has 5 heteroatoms. The van der Waals surface area contributed by atoms with Gasteiger partial charge in [-0.3, -0.25) is 0 Å². The van der Waals surface area contributed by atoms with Crippen molar-refractivity contribution in [3.8, 4) is 0 Å². The molecule has 0 radical (unpaired) electrons. The van der Waals surface area contributed by atoms with Gasteiger partial charge in [0.05, 0.1) is 0 Å². The van der Waals surface area contributed by atoms with Crippen LogP contribution >= 0.6 is 0 Å². The monoisotopic (exact) mass is 410 g/mol. The molecule has 0 saturated carbocycles. The molecule has 0 aromatic heterocycles. The van der Waals surface area contributed by atoms with E-state index in [0.717, 1.165) is 27.8 Å². The van der Waals surface area contributed by atoms with Crippen molar-refractivity contribution in [1.82, 2.24) is 0 Å². The van der Waals surface area contributed by atoms with E-state index in [0.29, 0.717) is 5.71 Å². The molecule has 1 spiro atoms. The third kappa shape index (κ3) is 3.05. The summed E-state index contributed by atoms with van der Waals surface area (Å²) in [7, 11) is 0. The smallest absolute Gasteiger partial charge is 0.384 e. The Morgan fingerprint density at radius 3 is 2.13 bits per heavy atom. The lowest BCUT2D eigenvalue weighted by atomic mass is 9.80. The van der Waals surface area contributed by atoms with E-state index in [1.165, 1.54) is 5.56 Å². The van der Waals surface area contributed by atoms with E-state index >= 15 is 0 Å². The first-order chi connectivity index (χ1) is 15.0. The van der Waals surface area contributed by atoms with Gasteiger partial charge in [-0.1, -0.05) is 71.4 Å². The number of benzene rings is 3. The van der Waals surface area contributed by atoms with Gasteiger partial charge in [0.15, 0.2) is 0 Å². The van der Waals surface area contributed by atoms with Crippen LogP contribution < -0.4 is 0 Å². The second-order valence-electron chi connectivity index (χ2n) is 8.05. The number of carbonyl (C=O) groups excluding carboxylic acids is 1. The summed E-state index contributed by atoms with van der Waals surface area (Å²) in [5.74, 6) is -0.829. The van der Waals surface area contributed by atoms with Gasteiger partial charge in [0.2, 0.25) is 5.90 Å². The quantitative estimate of drug-likeness (QED) is 0.581. The zero-order valence-electron chi connectivity index (χ0n) is 17.6. The molecule has 0 bridgehead atoms. The van der Waals surface area contributed by atoms with Crippen molar-refractivity contribution in [2.24, 2.45) is 10.1 Å². The van der Waals surface area contributed by atoms with E-state index in [-0.39, 0.29) is 5.90 Å². The molecule has 3 aromatic rings. The van der Waals surface area contributed by atoms with Crippen LogP contribution in [0.2, 0.25) is 0 Å². The predicted molar refractivity (Wildman–Crippen MR) is 119 cm³/mol. The minimum atomic E-state index is -1.58. The summed E-state index contributed by atoms with van der Waals surface area (Å²) in [5, 5.41) is 4.44. The van der Waals surface area contributed by atoms with Crippen LogP contribution in [0.15, 0.2) is 82.9 Å². The van der Waals surface area contributed by atoms with Gasteiger partial charge >= 0.3 is 11.7 Å². The molecule has 154 valence electrons. The molecular formula is C26H22N2O3. The topological polar surface area (TPSA) is 60.3 Å². The number of carbonyl (C=O) groups is 1. The highest BCUT2D eigenvalue weighted by Gasteiger charge is 2.61. The van der Waals surface area contributed by atoms with Gasteiger partial charge in [-0.25, -0.2) is 4.79 Å². The molecule has 2 atom stereocenters. The lowest BCUT2D eigenvalue weighted by Crippen LogP contribution is -2.41. The van der Waals surface area contributed by atoms with Crippen LogP contribution in [0.4, 0.5) is 0 Å². The number of aryl methyl sites for hydroxylation is 3. The van der Waals surface area contributed by atoms with Crippen LogP contribution in [0.25, 0.3) is 0 Å². The van der Waals surface area contributed by atoms with Crippen molar-refractivity contribution in [3.05, 3.63) is 106 Å². The van der Waals surface area contributed by atoms with E-state index < -0.39 is 17.6 Å². The normalized spacial score (nSPS) is 22.2. The predicted octanol–water partition coefficient (Wildman–Crippen LogP) is 4.83. The van der Waals surface area contributed by atoms with Crippen LogP contribution in [0.5, 0.6) is 0 Å². The first kappa shape index (κ1) is 19.2. The van der Waals surface area contributed by atoms with Crippen LogP contribution in [0.1, 0.15) is 39.3 Å². The standard InChI is InChI=1S/C26H22N2O3/c1-16-14-17(2)21(18(3)15-16)23-22(19-10-6-4-7-11-19)26(31-28-23)25(29)30-24(27-26)20-12-8-5-9-13-20/h4-15,22H,1-3H3/t22-,26+/m1/s1. The summed E-state index contributed by atoms with van der Waals surface area (Å²) in [6, 6.07) is 23.4. The highest BCUT2D eigenvalue weighted by Crippen LogP contribution is 2.46. The molecule has 0 N–H and O–H groups in total. The van der Waals surface area contributed by atoms with Gasteiger partial charge < -0.3 is 9.57 Å². The molecule has 5 nitrogen and oxygen atoms in total. The van der Waals surface area contributed by atoms with Gasteiger partial charge in [0.1, 0.15) is 11.6 Å². The Balaban J connectivity index is 1.69. The number of esters is 1. The molecule has 31 heavy (non-hydrogen) atoms. The second kappa shape index (κ2) is 7.20. The van der Waals surface area contributed by atoms with Crippen LogP contribution in [-0.4, -0.2) is 23.3 Å². The Morgan fingerprint density at radius 1 is 0.871 bits per heavy atom. The number of hydrogen-bond acceptors (Lipinski definition) is 5. The number of rotatable bonds is 3. The molecule has 5 rings (SSSR count). The SMILES string of the molecule is Cc1cc(C)c(C2=NO[C@@]3(N=C(c4ccccc4)OC3=O)[C@@H]2c2ccccc2)c(C)c1. The molecule has 0 amide bonds. The molecule has 2 heterocycles. The fourth-order valence-corrected chi connectivity index (χ4v) is 4.54. The number of cyclic esters (lactones) is 1. The van der Waals surface area contributed by atoms with Crippen molar-refractivity contribution < 1.29 is 14.4 Å². The molecule has 0 saturated heterocycles. The second-order valence-corrected chi connectivity index (χ2v) is 8.05. The summed E-state index contributed by atoms with van der Waals surface area (Å²) < 4.78 is 5.61. The largest absolute Gasteiger partial charge is 0.402 e. The van der Waals surface area contributed by atoms with Crippen molar-refractivity contribution in [2.45, 2.75) is 32.4 Å². The zero-order chi connectivity index (χ0) is 21.6. The number of oxime groups is 1. The van der Waals surface area contributed by atoms with Gasteiger partial charge in [-0.05, 0) is 49.6 Å². The van der Waals surface area contributed by atoms with E-state index in [2.05, 4.69) is 43.1 Å². The average Bonchev–Trinajstić information content (AvgIpc) is 3.30. The van der Waals surface area contributed by atoms with E-state index in [4.69, 9.17) is 9.57 Å². The molecule has 0 aliphatic carbocycles. The number of nitrogens with zero attached hydrogens (tertiary/aromatic N) is 2. The Bertz CT molecular complexity index is 1210. The van der Waals surface area contributed by atoms with Gasteiger partial charge in [-0.2, -0.15) is 4.99 Å². The highest BCUT2D eigenvalue weighted by molar-refractivity contribution is 6.15. The molecule has 0 unspecified atom stereocenters. The lowest BCUT2D eigenvalue weighted by Gasteiger charge is -2.24. The number of hydrogen-bond donors (Lipinski definition) is 0. The third-order valence-corrected chi connectivity index (χ3v) is 5.78. The van der Waals surface area contributed by atoms with Gasteiger partial charge in [0, 0.05) is 11.1 Å². The lowest BCUT2D eigenvalue weighted by molar-refractivity contribution is -0.156. The molecule has 0 fully saturated rings. The summed E-state index contributed by atoms with van der Waals surface area (Å²) in [5.41, 5.74) is 5.05.